The zero-order valence-corrected chi connectivity index (χ0v) is 18.2. The van der Waals surface area contributed by atoms with Gasteiger partial charge in [-0.2, -0.15) is 0 Å². The second kappa shape index (κ2) is 11.2. The average molecular weight is 429 g/mol. The fourth-order valence-electron chi connectivity index (χ4n) is 3.71. The molecule has 3 rings (SSSR count). The largest absolute Gasteiger partial charge is 0.352 e. The van der Waals surface area contributed by atoms with Crippen LogP contribution >= 0.6 is 11.8 Å². The molecule has 1 N–H and O–H groups in total. The van der Waals surface area contributed by atoms with Gasteiger partial charge in [0.25, 0.3) is 0 Å². The van der Waals surface area contributed by atoms with Crippen molar-refractivity contribution in [3.63, 3.8) is 0 Å². The van der Waals surface area contributed by atoms with Gasteiger partial charge in [-0.3, -0.25) is 9.59 Å². The molecule has 0 spiro atoms. The molecule has 2 aromatic rings. The van der Waals surface area contributed by atoms with E-state index in [-0.39, 0.29) is 36.0 Å². The molecule has 6 heteroatoms. The van der Waals surface area contributed by atoms with Crippen LogP contribution in [-0.4, -0.2) is 34.6 Å². The maximum absolute atomic E-state index is 14.3. The third-order valence-corrected chi connectivity index (χ3v) is 6.52. The molecule has 0 heterocycles. The standard InChI is InChI=1S/C24H29FN2O2S/c1-18(24(29)26-20-11-4-2-5-12-20)27(16-19-10-8-9-15-22(19)25)23(28)17-30-21-13-6-3-7-14-21/h3,6-10,13-15,18,20H,2,4-5,11-12,16-17H2,1H3,(H,26,29)/t18-/m0/s1. The number of rotatable bonds is 8. The molecule has 0 aliphatic heterocycles. The summed E-state index contributed by atoms with van der Waals surface area (Å²) in [6.07, 6.45) is 5.39. The predicted octanol–water partition coefficient (Wildman–Crippen LogP) is 4.78. The summed E-state index contributed by atoms with van der Waals surface area (Å²) >= 11 is 1.42. The first-order valence-electron chi connectivity index (χ1n) is 10.6. The lowest BCUT2D eigenvalue weighted by Gasteiger charge is -2.31. The van der Waals surface area contributed by atoms with Crippen LogP contribution in [0.2, 0.25) is 0 Å². The van der Waals surface area contributed by atoms with Crippen LogP contribution in [0.4, 0.5) is 4.39 Å². The summed E-state index contributed by atoms with van der Waals surface area (Å²) in [4.78, 5) is 28.4. The van der Waals surface area contributed by atoms with Gasteiger partial charge in [-0.1, -0.05) is 55.7 Å². The van der Waals surface area contributed by atoms with Crippen LogP contribution in [0.5, 0.6) is 0 Å². The van der Waals surface area contributed by atoms with Gasteiger partial charge < -0.3 is 10.2 Å². The molecule has 0 bridgehead atoms. The number of carbonyl (C=O) groups is 2. The van der Waals surface area contributed by atoms with E-state index in [1.807, 2.05) is 30.3 Å². The lowest BCUT2D eigenvalue weighted by atomic mass is 9.95. The van der Waals surface area contributed by atoms with E-state index in [2.05, 4.69) is 5.32 Å². The van der Waals surface area contributed by atoms with E-state index in [1.165, 1.54) is 29.1 Å². The van der Waals surface area contributed by atoms with Crippen LogP contribution < -0.4 is 5.32 Å². The third-order valence-electron chi connectivity index (χ3n) is 5.52. The monoisotopic (exact) mass is 428 g/mol. The minimum atomic E-state index is -0.671. The number of nitrogens with zero attached hydrogens (tertiary/aromatic N) is 1. The van der Waals surface area contributed by atoms with Crippen LogP contribution in [0.1, 0.15) is 44.6 Å². The molecule has 1 saturated carbocycles. The van der Waals surface area contributed by atoms with Crippen LogP contribution in [0.15, 0.2) is 59.5 Å². The molecule has 4 nitrogen and oxygen atoms in total. The Morgan fingerprint density at radius 2 is 1.73 bits per heavy atom. The maximum atomic E-state index is 14.3. The van der Waals surface area contributed by atoms with Crippen molar-refractivity contribution in [1.82, 2.24) is 10.2 Å². The Morgan fingerprint density at radius 1 is 1.07 bits per heavy atom. The van der Waals surface area contributed by atoms with Gasteiger partial charge in [0.2, 0.25) is 11.8 Å². The molecule has 1 atom stereocenters. The summed E-state index contributed by atoms with van der Waals surface area (Å²) in [5.41, 5.74) is 0.410. The number of amides is 2. The van der Waals surface area contributed by atoms with E-state index in [0.29, 0.717) is 5.56 Å². The molecule has 1 aliphatic rings. The van der Waals surface area contributed by atoms with Crippen molar-refractivity contribution < 1.29 is 14.0 Å². The second-order valence-electron chi connectivity index (χ2n) is 7.73. The summed E-state index contributed by atoms with van der Waals surface area (Å²) < 4.78 is 14.3. The number of halogens is 1. The first-order valence-corrected chi connectivity index (χ1v) is 11.5. The zero-order chi connectivity index (χ0) is 21.3. The van der Waals surface area contributed by atoms with E-state index < -0.39 is 6.04 Å². The Morgan fingerprint density at radius 3 is 2.43 bits per heavy atom. The Hall–Kier alpha value is -2.34. The highest BCUT2D eigenvalue weighted by Gasteiger charge is 2.28. The fraction of sp³-hybridized carbons (Fsp3) is 0.417. The highest BCUT2D eigenvalue weighted by Crippen LogP contribution is 2.21. The van der Waals surface area contributed by atoms with Crippen molar-refractivity contribution in [3.8, 4) is 0 Å². The van der Waals surface area contributed by atoms with Crippen molar-refractivity contribution in [2.24, 2.45) is 0 Å². The van der Waals surface area contributed by atoms with Gasteiger partial charge in [0.1, 0.15) is 11.9 Å². The molecular weight excluding hydrogens is 399 g/mol. The molecule has 1 fully saturated rings. The number of thioether (sulfide) groups is 1. The molecule has 0 radical (unpaired) electrons. The summed E-state index contributed by atoms with van der Waals surface area (Å²) in [6.45, 7) is 1.80. The molecule has 2 aromatic carbocycles. The van der Waals surface area contributed by atoms with Gasteiger partial charge in [0.05, 0.1) is 5.75 Å². The third kappa shape index (κ3) is 6.33. The smallest absolute Gasteiger partial charge is 0.242 e. The SMILES string of the molecule is C[C@@H](C(=O)NC1CCCCC1)N(Cc1ccccc1F)C(=O)CSc1ccccc1. The minimum Gasteiger partial charge on any atom is -0.352 e. The zero-order valence-electron chi connectivity index (χ0n) is 17.4. The van der Waals surface area contributed by atoms with Crippen LogP contribution in [0.25, 0.3) is 0 Å². The van der Waals surface area contributed by atoms with Crippen molar-refractivity contribution in [3.05, 3.63) is 66.0 Å². The number of hydrogen-bond acceptors (Lipinski definition) is 3. The van der Waals surface area contributed by atoms with E-state index in [4.69, 9.17) is 0 Å². The number of hydrogen-bond donors (Lipinski definition) is 1. The predicted molar refractivity (Wildman–Crippen MR) is 119 cm³/mol. The maximum Gasteiger partial charge on any atom is 0.242 e. The summed E-state index contributed by atoms with van der Waals surface area (Å²) in [7, 11) is 0. The van der Waals surface area contributed by atoms with E-state index >= 15 is 0 Å². The van der Waals surface area contributed by atoms with Gasteiger partial charge in [0.15, 0.2) is 0 Å². The molecule has 0 saturated heterocycles. The van der Waals surface area contributed by atoms with Gasteiger partial charge in [0, 0.05) is 23.0 Å². The van der Waals surface area contributed by atoms with E-state index in [1.54, 1.807) is 25.1 Å². The lowest BCUT2D eigenvalue weighted by molar-refractivity contribution is -0.139. The normalized spacial score (nSPS) is 15.4. The Kier molecular flexibility index (Phi) is 8.31. The molecule has 0 aromatic heterocycles. The topological polar surface area (TPSA) is 49.4 Å². The quantitative estimate of drug-likeness (QED) is 0.616. The Bertz CT molecular complexity index is 840. The highest BCUT2D eigenvalue weighted by molar-refractivity contribution is 8.00. The van der Waals surface area contributed by atoms with Gasteiger partial charge in [-0.25, -0.2) is 4.39 Å². The van der Waals surface area contributed by atoms with Gasteiger partial charge >= 0.3 is 0 Å². The van der Waals surface area contributed by atoms with Crippen LogP contribution in [-0.2, 0) is 16.1 Å². The number of nitrogens with one attached hydrogen (secondary N) is 1. The number of carbonyl (C=O) groups excluding carboxylic acids is 2. The van der Waals surface area contributed by atoms with Crippen molar-refractivity contribution in [2.45, 2.75) is 62.6 Å². The summed E-state index contributed by atoms with van der Waals surface area (Å²) in [5, 5.41) is 3.09. The van der Waals surface area contributed by atoms with Gasteiger partial charge in [-0.05, 0) is 38.0 Å². The van der Waals surface area contributed by atoms with Crippen molar-refractivity contribution >= 4 is 23.6 Å². The first kappa shape index (κ1) is 22.3. The molecule has 0 unspecified atom stereocenters. The molecule has 1 aliphatic carbocycles. The summed E-state index contributed by atoms with van der Waals surface area (Å²) in [6, 6.07) is 15.5. The van der Waals surface area contributed by atoms with E-state index in [0.717, 1.165) is 30.6 Å². The van der Waals surface area contributed by atoms with Crippen molar-refractivity contribution in [1.29, 1.82) is 0 Å². The van der Waals surface area contributed by atoms with Crippen molar-refractivity contribution in [2.75, 3.05) is 5.75 Å². The molecule has 2 amide bonds. The lowest BCUT2D eigenvalue weighted by Crippen LogP contribution is -2.50. The first-order chi connectivity index (χ1) is 14.5. The number of benzene rings is 2. The Balaban J connectivity index is 1.71. The van der Waals surface area contributed by atoms with E-state index in [9.17, 15) is 14.0 Å². The van der Waals surface area contributed by atoms with Gasteiger partial charge in [-0.15, -0.1) is 11.8 Å². The fourth-order valence-corrected chi connectivity index (χ4v) is 4.51. The second-order valence-corrected chi connectivity index (χ2v) is 8.78. The highest BCUT2D eigenvalue weighted by atomic mass is 32.2. The molecule has 30 heavy (non-hydrogen) atoms. The molecule has 160 valence electrons. The van der Waals surface area contributed by atoms with Crippen LogP contribution in [0, 0.1) is 5.82 Å². The minimum absolute atomic E-state index is 0.0696. The summed E-state index contributed by atoms with van der Waals surface area (Å²) in [5.74, 6) is -0.528. The molecular formula is C24H29FN2O2S. The van der Waals surface area contributed by atoms with Crippen LogP contribution in [0.3, 0.4) is 0 Å². The average Bonchev–Trinajstić information content (AvgIpc) is 2.78. The Labute approximate surface area is 182 Å².